The van der Waals surface area contributed by atoms with E-state index in [1.807, 2.05) is 18.2 Å². The first-order chi connectivity index (χ1) is 17.5. The van der Waals surface area contributed by atoms with Crippen LogP contribution in [0.2, 0.25) is 0 Å². The van der Waals surface area contributed by atoms with Crippen LogP contribution in [-0.2, 0) is 34.5 Å². The number of benzene rings is 3. The Morgan fingerprint density at radius 3 is 2.27 bits per heavy atom. The van der Waals surface area contributed by atoms with E-state index in [-0.39, 0.29) is 28.5 Å². The van der Waals surface area contributed by atoms with Crippen LogP contribution in [-0.4, -0.2) is 26.6 Å². The molecule has 5 rings (SSSR count). The third-order valence-corrected chi connectivity index (χ3v) is 9.07. The van der Waals surface area contributed by atoms with Crippen molar-refractivity contribution in [2.24, 2.45) is 0 Å². The highest BCUT2D eigenvalue weighted by molar-refractivity contribution is 7.91. The van der Waals surface area contributed by atoms with Gasteiger partial charge in [0.2, 0.25) is 0 Å². The van der Waals surface area contributed by atoms with Crippen molar-refractivity contribution in [1.29, 1.82) is 0 Å². The van der Waals surface area contributed by atoms with Gasteiger partial charge in [0.25, 0.3) is 5.91 Å². The van der Waals surface area contributed by atoms with Crippen LogP contribution in [0.4, 0.5) is 18.9 Å². The lowest BCUT2D eigenvalue weighted by Gasteiger charge is -2.37. The van der Waals surface area contributed by atoms with Gasteiger partial charge in [0.1, 0.15) is 0 Å². The minimum absolute atomic E-state index is 0.0220. The van der Waals surface area contributed by atoms with Gasteiger partial charge in [-0.3, -0.25) is 4.79 Å². The van der Waals surface area contributed by atoms with Gasteiger partial charge >= 0.3 is 6.18 Å². The van der Waals surface area contributed by atoms with E-state index in [2.05, 4.69) is 10.2 Å². The standard InChI is InChI=1S/C28H27F3N2O3S/c1-2-37(35,36)24-10-3-19(4-11-24)16-32-26(34)20-5-12-25-21(15-20)17-33(18-27(25)13-14-27)23-8-6-22(7-9-23)28(29,30)31/h3-12,15H,2,13-14,16-18H2,1H3,(H,32,34). The largest absolute Gasteiger partial charge is 0.416 e. The summed E-state index contributed by atoms with van der Waals surface area (Å²) in [5, 5.41) is 2.89. The van der Waals surface area contributed by atoms with Crippen molar-refractivity contribution >= 4 is 21.4 Å². The van der Waals surface area contributed by atoms with E-state index >= 15 is 0 Å². The molecule has 0 bridgehead atoms. The van der Waals surface area contributed by atoms with Crippen molar-refractivity contribution in [3.63, 3.8) is 0 Å². The molecule has 5 nitrogen and oxygen atoms in total. The van der Waals surface area contributed by atoms with Crippen molar-refractivity contribution in [2.75, 3.05) is 17.2 Å². The normalized spacial score (nSPS) is 16.4. The zero-order chi connectivity index (χ0) is 26.4. The van der Waals surface area contributed by atoms with Gasteiger partial charge in [-0.05, 0) is 78.1 Å². The zero-order valence-corrected chi connectivity index (χ0v) is 21.1. The molecule has 1 aliphatic carbocycles. The average molecular weight is 529 g/mol. The number of carbonyl (C=O) groups excluding carboxylic acids is 1. The molecule has 0 aromatic heterocycles. The summed E-state index contributed by atoms with van der Waals surface area (Å²) in [5.41, 5.74) is 3.54. The number of anilines is 1. The molecule has 9 heteroatoms. The number of sulfone groups is 1. The molecule has 37 heavy (non-hydrogen) atoms. The van der Waals surface area contributed by atoms with Crippen molar-refractivity contribution in [3.8, 4) is 0 Å². The van der Waals surface area contributed by atoms with Gasteiger partial charge in [-0.15, -0.1) is 0 Å². The first-order valence-electron chi connectivity index (χ1n) is 12.2. The molecular formula is C28H27F3N2O3S. The molecule has 1 heterocycles. The molecule has 1 amide bonds. The minimum atomic E-state index is -4.37. The van der Waals surface area contributed by atoms with Gasteiger partial charge in [-0.1, -0.05) is 25.1 Å². The Morgan fingerprint density at radius 1 is 1.00 bits per heavy atom. The van der Waals surface area contributed by atoms with E-state index in [4.69, 9.17) is 0 Å². The van der Waals surface area contributed by atoms with Crippen molar-refractivity contribution in [1.82, 2.24) is 5.32 Å². The molecule has 1 saturated carbocycles. The molecule has 1 fully saturated rings. The highest BCUT2D eigenvalue weighted by atomic mass is 32.2. The smallest absolute Gasteiger partial charge is 0.366 e. The van der Waals surface area contributed by atoms with Crippen LogP contribution >= 0.6 is 0 Å². The Balaban J connectivity index is 1.30. The number of amides is 1. The third-order valence-electron chi connectivity index (χ3n) is 7.32. The van der Waals surface area contributed by atoms with Gasteiger partial charge in [-0.2, -0.15) is 13.2 Å². The predicted molar refractivity (Wildman–Crippen MR) is 135 cm³/mol. The Bertz CT molecular complexity index is 1430. The molecule has 2 aliphatic rings. The van der Waals surface area contributed by atoms with Gasteiger partial charge < -0.3 is 10.2 Å². The maximum atomic E-state index is 13.0. The van der Waals surface area contributed by atoms with Crippen LogP contribution < -0.4 is 10.2 Å². The molecule has 0 saturated heterocycles. The molecular weight excluding hydrogens is 501 g/mol. The van der Waals surface area contributed by atoms with Crippen LogP contribution in [0.25, 0.3) is 0 Å². The summed E-state index contributed by atoms with van der Waals surface area (Å²) < 4.78 is 62.9. The second-order valence-corrected chi connectivity index (χ2v) is 12.1. The van der Waals surface area contributed by atoms with Gasteiger partial charge in [0.15, 0.2) is 9.84 Å². The summed E-state index contributed by atoms with van der Waals surface area (Å²) in [6.45, 7) is 3.09. The quantitative estimate of drug-likeness (QED) is 0.460. The summed E-state index contributed by atoms with van der Waals surface area (Å²) in [5.74, 6) is -0.219. The van der Waals surface area contributed by atoms with E-state index in [0.29, 0.717) is 12.1 Å². The Kier molecular flexibility index (Phi) is 6.30. The van der Waals surface area contributed by atoms with E-state index in [1.54, 1.807) is 31.2 Å². The van der Waals surface area contributed by atoms with Gasteiger partial charge in [-0.25, -0.2) is 8.42 Å². The highest BCUT2D eigenvalue weighted by Crippen LogP contribution is 2.53. The number of hydrogen-bond donors (Lipinski definition) is 1. The zero-order valence-electron chi connectivity index (χ0n) is 20.3. The first kappa shape index (κ1) is 25.3. The predicted octanol–water partition coefficient (Wildman–Crippen LogP) is 5.48. The van der Waals surface area contributed by atoms with Crippen LogP contribution in [0.15, 0.2) is 71.6 Å². The Labute approximate surface area is 214 Å². The Morgan fingerprint density at radius 2 is 1.68 bits per heavy atom. The number of carbonyl (C=O) groups is 1. The Hall–Kier alpha value is -3.33. The fourth-order valence-corrected chi connectivity index (χ4v) is 5.87. The number of rotatable bonds is 6. The van der Waals surface area contributed by atoms with Crippen molar-refractivity contribution < 1.29 is 26.4 Å². The van der Waals surface area contributed by atoms with Crippen LogP contribution in [0.3, 0.4) is 0 Å². The fraction of sp³-hybridized carbons (Fsp3) is 0.321. The summed E-state index contributed by atoms with van der Waals surface area (Å²) in [6.07, 6.45) is -2.36. The lowest BCUT2D eigenvalue weighted by atomic mass is 9.85. The topological polar surface area (TPSA) is 66.5 Å². The van der Waals surface area contributed by atoms with Gasteiger partial charge in [0, 0.05) is 36.3 Å². The van der Waals surface area contributed by atoms with E-state index in [9.17, 15) is 26.4 Å². The number of nitrogens with zero attached hydrogens (tertiary/aromatic N) is 1. The number of halogens is 3. The van der Waals surface area contributed by atoms with Crippen LogP contribution in [0.1, 0.15) is 52.4 Å². The second kappa shape index (κ2) is 9.20. The average Bonchev–Trinajstić information content (AvgIpc) is 3.66. The third kappa shape index (κ3) is 5.09. The monoisotopic (exact) mass is 528 g/mol. The number of hydrogen-bond acceptors (Lipinski definition) is 4. The van der Waals surface area contributed by atoms with Crippen LogP contribution in [0.5, 0.6) is 0 Å². The lowest BCUT2D eigenvalue weighted by molar-refractivity contribution is -0.137. The summed E-state index contributed by atoms with van der Waals surface area (Å²) >= 11 is 0. The van der Waals surface area contributed by atoms with Crippen molar-refractivity contribution in [2.45, 2.75) is 49.3 Å². The van der Waals surface area contributed by atoms with Crippen LogP contribution in [0, 0.1) is 0 Å². The molecule has 0 radical (unpaired) electrons. The van der Waals surface area contributed by atoms with E-state index < -0.39 is 21.6 Å². The highest BCUT2D eigenvalue weighted by Gasteiger charge is 2.49. The number of nitrogens with one attached hydrogen (secondary N) is 1. The summed E-state index contributed by atoms with van der Waals surface area (Å²) in [4.78, 5) is 15.3. The first-order valence-corrected chi connectivity index (χ1v) is 13.8. The van der Waals surface area contributed by atoms with Gasteiger partial charge in [0.05, 0.1) is 16.2 Å². The summed E-state index contributed by atoms with van der Waals surface area (Å²) in [6, 6.07) is 17.4. The maximum Gasteiger partial charge on any atom is 0.416 e. The number of alkyl halides is 3. The summed E-state index contributed by atoms with van der Waals surface area (Å²) in [7, 11) is -3.28. The SMILES string of the molecule is CCS(=O)(=O)c1ccc(CNC(=O)c2ccc3c(c2)CN(c2ccc(C(F)(F)F)cc2)CC32CC2)cc1. The van der Waals surface area contributed by atoms with E-state index in [0.717, 1.165) is 48.3 Å². The molecule has 1 N–H and O–H groups in total. The lowest BCUT2D eigenvalue weighted by Crippen LogP contribution is -2.38. The maximum absolute atomic E-state index is 13.0. The molecule has 3 aromatic rings. The molecule has 3 aromatic carbocycles. The van der Waals surface area contributed by atoms with Crippen molar-refractivity contribution in [3.05, 3.63) is 94.5 Å². The van der Waals surface area contributed by atoms with E-state index in [1.165, 1.54) is 17.7 Å². The molecule has 194 valence electrons. The fourth-order valence-electron chi connectivity index (χ4n) is 4.98. The number of fused-ring (bicyclic) bond motifs is 2. The molecule has 0 atom stereocenters. The molecule has 0 unspecified atom stereocenters. The second-order valence-electron chi connectivity index (χ2n) is 9.78. The molecule has 1 spiro atoms. The molecule has 1 aliphatic heterocycles. The minimum Gasteiger partial charge on any atom is -0.366 e.